The average molecular weight is 284 g/mol. The molecular weight excluding hydrogens is 260 g/mol. The lowest BCUT2D eigenvalue weighted by Gasteiger charge is -2.31. The van der Waals surface area contributed by atoms with E-state index in [-0.39, 0.29) is 17.1 Å². The van der Waals surface area contributed by atoms with E-state index in [9.17, 15) is 13.2 Å². The van der Waals surface area contributed by atoms with E-state index in [0.29, 0.717) is 18.1 Å². The van der Waals surface area contributed by atoms with Gasteiger partial charge in [-0.3, -0.25) is 4.79 Å². The van der Waals surface area contributed by atoms with Crippen molar-refractivity contribution < 1.29 is 13.2 Å². The zero-order chi connectivity index (χ0) is 13.6. The minimum Gasteiger partial charge on any atom is -0.299 e. The number of Topliss-reactive ketones (excluding diaryl/α,β-unsaturated/α-hetero) is 1. The first kappa shape index (κ1) is 13.6. The van der Waals surface area contributed by atoms with Crippen molar-refractivity contribution in [2.75, 3.05) is 6.26 Å². The molecule has 3 fully saturated rings. The first-order valence-electron chi connectivity index (χ1n) is 7.67. The zero-order valence-electron chi connectivity index (χ0n) is 11.7. The van der Waals surface area contributed by atoms with Gasteiger partial charge < -0.3 is 0 Å². The molecule has 0 spiro atoms. The molecule has 3 aliphatic rings. The van der Waals surface area contributed by atoms with Gasteiger partial charge in [-0.25, -0.2) is 8.42 Å². The Morgan fingerprint density at radius 3 is 2.37 bits per heavy atom. The number of carbonyl (C=O) groups excluding carboxylic acids is 1. The third kappa shape index (κ3) is 2.61. The molecule has 5 atom stereocenters. The predicted molar refractivity (Wildman–Crippen MR) is 74.5 cm³/mol. The first-order chi connectivity index (χ1) is 8.95. The molecular formula is C15H24O3S. The molecule has 19 heavy (non-hydrogen) atoms. The Kier molecular flexibility index (Phi) is 3.48. The summed E-state index contributed by atoms with van der Waals surface area (Å²) in [5, 5.41) is -0.270. The minimum absolute atomic E-state index is 0.0258. The normalized spacial score (nSPS) is 42.5. The van der Waals surface area contributed by atoms with Crippen molar-refractivity contribution in [2.24, 2.45) is 23.7 Å². The summed E-state index contributed by atoms with van der Waals surface area (Å²) in [7, 11) is -2.98. The Labute approximate surface area is 116 Å². The van der Waals surface area contributed by atoms with Crippen LogP contribution in [0.2, 0.25) is 0 Å². The average Bonchev–Trinajstić information content (AvgIpc) is 2.99. The van der Waals surface area contributed by atoms with Crippen LogP contribution in [-0.2, 0) is 14.6 Å². The first-order valence-corrected chi connectivity index (χ1v) is 9.63. The van der Waals surface area contributed by atoms with E-state index in [1.165, 1.54) is 25.5 Å². The molecule has 3 saturated carbocycles. The summed E-state index contributed by atoms with van der Waals surface area (Å²) in [5.41, 5.74) is 0. The summed E-state index contributed by atoms with van der Waals surface area (Å²) in [6.45, 7) is 0. The Hall–Kier alpha value is -0.380. The monoisotopic (exact) mass is 284 g/mol. The third-order valence-electron chi connectivity index (χ3n) is 5.74. The highest BCUT2D eigenvalue weighted by Crippen LogP contribution is 2.50. The lowest BCUT2D eigenvalue weighted by Crippen LogP contribution is -2.35. The van der Waals surface area contributed by atoms with Gasteiger partial charge in [-0.05, 0) is 50.4 Å². The van der Waals surface area contributed by atoms with Crippen LogP contribution in [0.3, 0.4) is 0 Å². The van der Waals surface area contributed by atoms with Gasteiger partial charge in [0.15, 0.2) is 0 Å². The van der Waals surface area contributed by atoms with Gasteiger partial charge in [0, 0.05) is 18.1 Å². The van der Waals surface area contributed by atoms with Crippen molar-refractivity contribution >= 4 is 15.6 Å². The van der Waals surface area contributed by atoms with Crippen LogP contribution in [0.5, 0.6) is 0 Å². The number of hydrogen-bond acceptors (Lipinski definition) is 3. The highest BCUT2D eigenvalue weighted by molar-refractivity contribution is 7.91. The molecule has 0 aromatic heterocycles. The van der Waals surface area contributed by atoms with E-state index in [1.807, 2.05) is 0 Å². The molecule has 108 valence electrons. The number of sulfone groups is 1. The lowest BCUT2D eigenvalue weighted by atomic mass is 9.76. The smallest absolute Gasteiger partial charge is 0.150 e. The van der Waals surface area contributed by atoms with E-state index in [1.54, 1.807) is 0 Å². The summed E-state index contributed by atoms with van der Waals surface area (Å²) < 4.78 is 23.4. The van der Waals surface area contributed by atoms with Crippen LogP contribution in [0.4, 0.5) is 0 Å². The van der Waals surface area contributed by atoms with E-state index in [0.717, 1.165) is 31.6 Å². The summed E-state index contributed by atoms with van der Waals surface area (Å²) in [5.74, 6) is 2.10. The van der Waals surface area contributed by atoms with Gasteiger partial charge in [0.25, 0.3) is 0 Å². The maximum Gasteiger partial charge on any atom is 0.150 e. The van der Waals surface area contributed by atoms with Crippen molar-refractivity contribution in [2.45, 2.75) is 56.6 Å². The number of ketones is 1. The Balaban J connectivity index is 1.67. The molecule has 0 amide bonds. The van der Waals surface area contributed by atoms with Gasteiger partial charge in [0.05, 0.1) is 5.25 Å². The van der Waals surface area contributed by atoms with E-state index >= 15 is 0 Å². The van der Waals surface area contributed by atoms with Crippen molar-refractivity contribution in [3.63, 3.8) is 0 Å². The third-order valence-corrected chi connectivity index (χ3v) is 7.38. The number of hydrogen-bond donors (Lipinski definition) is 0. The highest BCUT2D eigenvalue weighted by Gasteiger charge is 2.45. The molecule has 0 N–H and O–H groups in total. The summed E-state index contributed by atoms with van der Waals surface area (Å²) in [6.07, 6.45) is 9.34. The second-order valence-electron chi connectivity index (χ2n) is 7.00. The van der Waals surface area contributed by atoms with Crippen LogP contribution in [-0.4, -0.2) is 25.7 Å². The van der Waals surface area contributed by atoms with Crippen molar-refractivity contribution in [1.82, 2.24) is 0 Å². The van der Waals surface area contributed by atoms with Gasteiger partial charge in [-0.15, -0.1) is 0 Å². The number of rotatable bonds is 3. The number of fused-ring (bicyclic) bond motifs is 2. The molecule has 0 radical (unpaired) electrons. The molecule has 0 aliphatic heterocycles. The molecule has 3 aliphatic carbocycles. The minimum atomic E-state index is -2.98. The van der Waals surface area contributed by atoms with E-state index in [4.69, 9.17) is 0 Å². The number of carbonyl (C=O) groups is 1. The molecule has 3 rings (SSSR count). The quantitative estimate of drug-likeness (QED) is 0.800. The largest absolute Gasteiger partial charge is 0.299 e. The van der Waals surface area contributed by atoms with Gasteiger partial charge in [0.2, 0.25) is 0 Å². The van der Waals surface area contributed by atoms with Crippen LogP contribution in [0, 0.1) is 23.7 Å². The zero-order valence-corrected chi connectivity index (χ0v) is 12.5. The van der Waals surface area contributed by atoms with Crippen molar-refractivity contribution in [3.05, 3.63) is 0 Å². The fourth-order valence-electron chi connectivity index (χ4n) is 4.69. The topological polar surface area (TPSA) is 51.2 Å². The summed E-state index contributed by atoms with van der Waals surface area (Å²) in [6, 6.07) is 0. The summed E-state index contributed by atoms with van der Waals surface area (Å²) >= 11 is 0. The standard InChI is InChI=1S/C15H24O3S/c1-19(17,18)13-4-2-3-12(9-13)15(16)14-8-10-5-6-11(14)7-10/h10-14H,2-9H2,1H3. The molecule has 0 aromatic rings. The van der Waals surface area contributed by atoms with E-state index < -0.39 is 9.84 Å². The van der Waals surface area contributed by atoms with Crippen LogP contribution in [0.1, 0.15) is 51.4 Å². The van der Waals surface area contributed by atoms with Crippen LogP contribution >= 0.6 is 0 Å². The Morgan fingerprint density at radius 2 is 1.79 bits per heavy atom. The highest BCUT2D eigenvalue weighted by atomic mass is 32.2. The SMILES string of the molecule is CS(=O)(=O)C1CCCC(C(=O)C2CC3CCC2C3)C1. The maximum absolute atomic E-state index is 12.7. The van der Waals surface area contributed by atoms with Crippen LogP contribution in [0.15, 0.2) is 0 Å². The fraction of sp³-hybridized carbons (Fsp3) is 0.933. The molecule has 0 aromatic carbocycles. The van der Waals surface area contributed by atoms with Gasteiger partial charge >= 0.3 is 0 Å². The molecule has 5 unspecified atom stereocenters. The lowest BCUT2D eigenvalue weighted by molar-refractivity contribution is -0.129. The molecule has 0 heterocycles. The van der Waals surface area contributed by atoms with Crippen molar-refractivity contribution in [3.8, 4) is 0 Å². The molecule has 3 nitrogen and oxygen atoms in total. The van der Waals surface area contributed by atoms with Gasteiger partial charge in [0.1, 0.15) is 15.6 Å². The molecule has 4 heteroatoms. The van der Waals surface area contributed by atoms with Crippen LogP contribution < -0.4 is 0 Å². The van der Waals surface area contributed by atoms with E-state index in [2.05, 4.69) is 0 Å². The van der Waals surface area contributed by atoms with Gasteiger partial charge in [-0.2, -0.15) is 0 Å². The molecule has 0 saturated heterocycles. The van der Waals surface area contributed by atoms with Crippen LogP contribution in [0.25, 0.3) is 0 Å². The second-order valence-corrected chi connectivity index (χ2v) is 9.32. The van der Waals surface area contributed by atoms with Crippen molar-refractivity contribution in [1.29, 1.82) is 0 Å². The van der Waals surface area contributed by atoms with Gasteiger partial charge in [-0.1, -0.05) is 12.8 Å². The maximum atomic E-state index is 12.7. The Morgan fingerprint density at radius 1 is 1.00 bits per heavy atom. The fourth-order valence-corrected chi connectivity index (χ4v) is 5.86. The Bertz CT molecular complexity index is 468. The second kappa shape index (κ2) is 4.87. The summed E-state index contributed by atoms with van der Waals surface area (Å²) in [4.78, 5) is 12.7. The molecule has 2 bridgehead atoms. The predicted octanol–water partition coefficient (Wildman–Crippen LogP) is 2.60.